The Bertz CT molecular complexity index is 627. The second kappa shape index (κ2) is 7.88. The highest BCUT2D eigenvalue weighted by Crippen LogP contribution is 2.09. The average molecular weight is 321 g/mol. The number of nitrogens with zero attached hydrogens (tertiary/aromatic N) is 6. The minimum absolute atomic E-state index is 0.193. The van der Waals surface area contributed by atoms with Gasteiger partial charge in [0, 0.05) is 26.3 Å². The van der Waals surface area contributed by atoms with Gasteiger partial charge in [-0.3, -0.25) is 4.79 Å². The molecule has 0 saturated carbocycles. The summed E-state index contributed by atoms with van der Waals surface area (Å²) in [6, 6.07) is 0. The summed E-state index contributed by atoms with van der Waals surface area (Å²) in [5.41, 5.74) is 0. The van der Waals surface area contributed by atoms with E-state index in [9.17, 15) is 4.79 Å². The average Bonchev–Trinajstić information content (AvgIpc) is 2.91. The van der Waals surface area contributed by atoms with Crippen LogP contribution in [0.1, 0.15) is 12.2 Å². The molecule has 7 nitrogen and oxygen atoms in total. The van der Waals surface area contributed by atoms with Crippen LogP contribution in [0.25, 0.3) is 0 Å². The van der Waals surface area contributed by atoms with Crippen LogP contribution in [0.4, 0.5) is 5.95 Å². The molecule has 2 rings (SSSR count). The third-order valence-corrected chi connectivity index (χ3v) is 3.93. The third kappa shape index (κ3) is 5.10. The van der Waals surface area contributed by atoms with Crippen LogP contribution in [0.2, 0.25) is 0 Å². The van der Waals surface area contributed by atoms with Gasteiger partial charge in [-0.15, -0.1) is 0 Å². The molecule has 2 aromatic rings. The molecule has 0 amide bonds. The predicted octanol–water partition coefficient (Wildman–Crippen LogP) is 0.456. The van der Waals surface area contributed by atoms with Crippen molar-refractivity contribution in [1.82, 2.24) is 19.5 Å². The third-order valence-electron chi connectivity index (χ3n) is 3.00. The molecule has 0 aliphatic heterocycles. The van der Waals surface area contributed by atoms with Crippen LogP contribution in [0.15, 0.2) is 25.0 Å². The first-order valence-corrected chi connectivity index (χ1v) is 8.05. The molecule has 0 aromatic carbocycles. The van der Waals surface area contributed by atoms with Crippen molar-refractivity contribution in [2.75, 3.05) is 24.7 Å². The number of carbonyl (C=O) groups excluding carboxylic acids is 1. The van der Waals surface area contributed by atoms with Crippen molar-refractivity contribution in [3.8, 4) is 0 Å². The van der Waals surface area contributed by atoms with E-state index >= 15 is 0 Å². The van der Waals surface area contributed by atoms with Gasteiger partial charge in [0.1, 0.15) is 24.5 Å². The van der Waals surface area contributed by atoms with Crippen molar-refractivity contribution in [2.24, 2.45) is 7.05 Å². The first-order valence-electron chi connectivity index (χ1n) is 7.06. The molecular formula is C14H21N6OS+. The van der Waals surface area contributed by atoms with E-state index in [0.29, 0.717) is 31.1 Å². The van der Waals surface area contributed by atoms with E-state index in [-0.39, 0.29) is 5.12 Å². The molecule has 118 valence electrons. The van der Waals surface area contributed by atoms with Gasteiger partial charge in [-0.1, -0.05) is 11.8 Å². The van der Waals surface area contributed by atoms with Crippen molar-refractivity contribution in [3.05, 3.63) is 30.9 Å². The molecule has 2 aromatic heterocycles. The highest BCUT2D eigenvalue weighted by molar-refractivity contribution is 8.13. The second-order valence-corrected chi connectivity index (χ2v) is 6.29. The Hall–Kier alpha value is -1.96. The minimum atomic E-state index is 0.193. The summed E-state index contributed by atoms with van der Waals surface area (Å²) in [4.78, 5) is 26.2. The van der Waals surface area contributed by atoms with Crippen LogP contribution in [-0.4, -0.2) is 44.5 Å². The number of hydrogen-bond donors (Lipinski definition) is 0. The Morgan fingerprint density at radius 2 is 2.23 bits per heavy atom. The largest absolute Gasteiger partial charge is 0.347 e. The molecule has 8 heteroatoms. The van der Waals surface area contributed by atoms with E-state index in [1.807, 2.05) is 53.9 Å². The first-order chi connectivity index (χ1) is 10.5. The predicted molar refractivity (Wildman–Crippen MR) is 85.5 cm³/mol. The molecule has 0 aliphatic carbocycles. The monoisotopic (exact) mass is 321 g/mol. The molecule has 0 bridgehead atoms. The van der Waals surface area contributed by atoms with E-state index in [1.54, 1.807) is 0 Å². The fourth-order valence-corrected chi connectivity index (χ4v) is 2.59. The standard InChI is InChI=1S/C14H21N6OS/c1-18(2)14-16-10-15-12(17-14)5-9-22-13(21)4-6-20-8-7-19(3)11-20/h7-8,10-11H,4-6,9H2,1-3H3/q+1. The number of hydrogen-bond acceptors (Lipinski definition) is 6. The lowest BCUT2D eigenvalue weighted by Gasteiger charge is -2.09. The van der Waals surface area contributed by atoms with Gasteiger partial charge in [0.2, 0.25) is 12.3 Å². The Morgan fingerprint density at radius 3 is 2.91 bits per heavy atom. The number of aryl methyl sites for hydroxylation is 3. The summed E-state index contributed by atoms with van der Waals surface area (Å²) in [6.07, 6.45) is 8.59. The summed E-state index contributed by atoms with van der Waals surface area (Å²) in [6.45, 7) is 0.712. The molecule has 0 atom stereocenters. The van der Waals surface area contributed by atoms with Crippen LogP contribution in [-0.2, 0) is 24.8 Å². The zero-order valence-electron chi connectivity index (χ0n) is 13.1. The first kappa shape index (κ1) is 16.4. The molecule has 2 heterocycles. The summed E-state index contributed by atoms with van der Waals surface area (Å²) in [7, 11) is 5.74. The van der Waals surface area contributed by atoms with Gasteiger partial charge in [0.05, 0.1) is 20.0 Å². The lowest BCUT2D eigenvalue weighted by Crippen LogP contribution is -2.23. The molecule has 0 N–H and O–H groups in total. The van der Waals surface area contributed by atoms with Crippen LogP contribution < -0.4 is 9.47 Å². The van der Waals surface area contributed by atoms with Gasteiger partial charge in [-0.25, -0.2) is 19.1 Å². The molecule has 0 unspecified atom stereocenters. The molecule has 0 radical (unpaired) electrons. The van der Waals surface area contributed by atoms with E-state index in [0.717, 1.165) is 5.82 Å². The van der Waals surface area contributed by atoms with Crippen molar-refractivity contribution in [3.63, 3.8) is 0 Å². The Labute approximate surface area is 134 Å². The topological polar surface area (TPSA) is 67.8 Å². The van der Waals surface area contributed by atoms with E-state index in [2.05, 4.69) is 15.0 Å². The normalized spacial score (nSPS) is 10.7. The zero-order chi connectivity index (χ0) is 15.9. The Kier molecular flexibility index (Phi) is 5.88. The summed E-state index contributed by atoms with van der Waals surface area (Å²) >= 11 is 1.34. The molecule has 22 heavy (non-hydrogen) atoms. The smallest absolute Gasteiger partial charge is 0.243 e. The maximum absolute atomic E-state index is 11.9. The highest BCUT2D eigenvalue weighted by Gasteiger charge is 2.08. The number of anilines is 1. The van der Waals surface area contributed by atoms with Crippen LogP contribution >= 0.6 is 11.8 Å². The maximum Gasteiger partial charge on any atom is 0.243 e. The Morgan fingerprint density at radius 1 is 1.41 bits per heavy atom. The fourth-order valence-electron chi connectivity index (χ4n) is 1.84. The van der Waals surface area contributed by atoms with Gasteiger partial charge < -0.3 is 4.90 Å². The van der Waals surface area contributed by atoms with Crippen molar-refractivity contribution in [2.45, 2.75) is 19.4 Å². The zero-order valence-corrected chi connectivity index (χ0v) is 14.0. The summed E-state index contributed by atoms with van der Waals surface area (Å²) < 4.78 is 3.97. The number of carbonyl (C=O) groups is 1. The quantitative estimate of drug-likeness (QED) is 0.690. The lowest BCUT2D eigenvalue weighted by atomic mass is 10.4. The van der Waals surface area contributed by atoms with Gasteiger partial charge in [-0.05, 0) is 0 Å². The second-order valence-electron chi connectivity index (χ2n) is 5.13. The number of rotatable bonds is 7. The van der Waals surface area contributed by atoms with Gasteiger partial charge in [0.25, 0.3) is 0 Å². The van der Waals surface area contributed by atoms with Gasteiger partial charge >= 0.3 is 0 Å². The van der Waals surface area contributed by atoms with Crippen molar-refractivity contribution in [1.29, 1.82) is 0 Å². The van der Waals surface area contributed by atoms with Crippen LogP contribution in [0.5, 0.6) is 0 Å². The lowest BCUT2D eigenvalue weighted by molar-refractivity contribution is -0.671. The molecule has 0 spiro atoms. The number of thioether (sulfide) groups is 1. The molecular weight excluding hydrogens is 300 g/mol. The molecule has 0 aliphatic rings. The van der Waals surface area contributed by atoms with Crippen LogP contribution in [0.3, 0.4) is 0 Å². The molecule has 0 fully saturated rings. The minimum Gasteiger partial charge on any atom is -0.347 e. The summed E-state index contributed by atoms with van der Waals surface area (Å²) in [5.74, 6) is 2.05. The van der Waals surface area contributed by atoms with Crippen molar-refractivity contribution < 1.29 is 9.36 Å². The maximum atomic E-state index is 11.9. The van der Waals surface area contributed by atoms with Gasteiger partial charge in [0.15, 0.2) is 5.12 Å². The van der Waals surface area contributed by atoms with Crippen molar-refractivity contribution >= 4 is 22.8 Å². The SMILES string of the molecule is CN(C)c1ncnc(CCSC(=O)CCn2cc[n+](C)c2)n1. The summed E-state index contributed by atoms with van der Waals surface area (Å²) in [5, 5.41) is 0.193. The number of imidazole rings is 1. The van der Waals surface area contributed by atoms with Gasteiger partial charge in [-0.2, -0.15) is 4.98 Å². The van der Waals surface area contributed by atoms with E-state index < -0.39 is 0 Å². The van der Waals surface area contributed by atoms with E-state index in [1.165, 1.54) is 18.1 Å². The Balaban J connectivity index is 1.71. The number of aromatic nitrogens is 5. The van der Waals surface area contributed by atoms with E-state index in [4.69, 9.17) is 0 Å². The highest BCUT2D eigenvalue weighted by atomic mass is 32.2. The molecule has 0 saturated heterocycles. The fraction of sp³-hybridized carbons (Fsp3) is 0.500. The van der Waals surface area contributed by atoms with Crippen LogP contribution in [0, 0.1) is 0 Å².